The first-order valence-corrected chi connectivity index (χ1v) is 9.51. The average molecular weight is 398 g/mol. The molecule has 1 saturated heterocycles. The maximum atomic E-state index is 13.3. The van der Waals surface area contributed by atoms with E-state index in [0.29, 0.717) is 32.6 Å². The maximum Gasteiger partial charge on any atom is 0.242 e. The van der Waals surface area contributed by atoms with Crippen LogP contribution >= 0.6 is 12.4 Å². The van der Waals surface area contributed by atoms with Crippen LogP contribution in [-0.2, 0) is 16.1 Å². The van der Waals surface area contributed by atoms with E-state index in [1.54, 1.807) is 15.9 Å². The molecule has 2 aliphatic rings. The van der Waals surface area contributed by atoms with Gasteiger partial charge in [-0.3, -0.25) is 9.59 Å². The summed E-state index contributed by atoms with van der Waals surface area (Å²) in [6.07, 6.45) is 5.93. The molecule has 1 saturated carbocycles. The summed E-state index contributed by atoms with van der Waals surface area (Å²) in [5, 5.41) is 0. The predicted octanol–water partition coefficient (Wildman–Crippen LogP) is 2.72. The molecule has 0 radical (unpaired) electrons. The van der Waals surface area contributed by atoms with Crippen LogP contribution in [-0.4, -0.2) is 47.8 Å². The summed E-state index contributed by atoms with van der Waals surface area (Å²) in [5.41, 5.74) is 6.67. The van der Waals surface area contributed by atoms with E-state index in [-0.39, 0.29) is 42.0 Å². The van der Waals surface area contributed by atoms with Crippen molar-refractivity contribution < 1.29 is 14.0 Å². The highest BCUT2D eigenvalue weighted by Crippen LogP contribution is 2.38. The lowest BCUT2D eigenvalue weighted by Gasteiger charge is -2.39. The second-order valence-electron chi connectivity index (χ2n) is 7.70. The van der Waals surface area contributed by atoms with Crippen LogP contribution in [0.2, 0.25) is 0 Å². The molecule has 1 aromatic carbocycles. The van der Waals surface area contributed by atoms with E-state index >= 15 is 0 Å². The lowest BCUT2D eigenvalue weighted by molar-refractivity contribution is -0.147. The van der Waals surface area contributed by atoms with E-state index < -0.39 is 0 Å². The zero-order chi connectivity index (χ0) is 18.6. The van der Waals surface area contributed by atoms with Crippen molar-refractivity contribution in [1.29, 1.82) is 0 Å². The van der Waals surface area contributed by atoms with Gasteiger partial charge in [-0.15, -0.1) is 12.4 Å². The summed E-state index contributed by atoms with van der Waals surface area (Å²) in [6, 6.07) is 6.28. The van der Waals surface area contributed by atoms with Gasteiger partial charge < -0.3 is 15.5 Å². The summed E-state index contributed by atoms with van der Waals surface area (Å²) in [7, 11) is 0. The topological polar surface area (TPSA) is 66.6 Å². The van der Waals surface area contributed by atoms with Gasteiger partial charge in [0, 0.05) is 26.1 Å². The molecule has 1 heterocycles. The highest BCUT2D eigenvalue weighted by molar-refractivity contribution is 5.86. The Hall–Kier alpha value is -1.66. The van der Waals surface area contributed by atoms with Gasteiger partial charge in [-0.25, -0.2) is 4.39 Å². The standard InChI is InChI=1S/C20H28FN3O2.ClH/c21-17-6-4-5-16(11-17)13-23-9-10-24(14-19(23)26)18(25)12-20(15-22)7-2-1-3-8-20;/h4-6,11H,1-3,7-10,12-15,22H2;1H. The molecule has 27 heavy (non-hydrogen) atoms. The fraction of sp³-hybridized carbons (Fsp3) is 0.600. The van der Waals surface area contributed by atoms with E-state index in [0.717, 1.165) is 31.2 Å². The number of amides is 2. The number of carbonyl (C=O) groups excluding carboxylic acids is 2. The molecule has 150 valence electrons. The van der Waals surface area contributed by atoms with Crippen LogP contribution in [0.4, 0.5) is 4.39 Å². The average Bonchev–Trinajstić information content (AvgIpc) is 2.64. The predicted molar refractivity (Wildman–Crippen MR) is 105 cm³/mol. The van der Waals surface area contributed by atoms with Gasteiger partial charge >= 0.3 is 0 Å². The van der Waals surface area contributed by atoms with Gasteiger partial charge in [0.1, 0.15) is 5.82 Å². The lowest BCUT2D eigenvalue weighted by atomic mass is 9.71. The molecule has 1 aliphatic carbocycles. The molecular weight excluding hydrogens is 369 g/mol. The monoisotopic (exact) mass is 397 g/mol. The number of hydrogen-bond donors (Lipinski definition) is 1. The van der Waals surface area contributed by atoms with E-state index in [1.165, 1.54) is 18.6 Å². The Kier molecular flexibility index (Phi) is 7.62. The Morgan fingerprint density at radius 2 is 1.93 bits per heavy atom. The quantitative estimate of drug-likeness (QED) is 0.830. The molecule has 7 heteroatoms. The van der Waals surface area contributed by atoms with Crippen LogP contribution in [0, 0.1) is 11.2 Å². The fourth-order valence-corrected chi connectivity index (χ4v) is 4.13. The number of benzene rings is 1. The molecule has 0 aromatic heterocycles. The van der Waals surface area contributed by atoms with Crippen molar-refractivity contribution in [3.8, 4) is 0 Å². The normalized spacial score (nSPS) is 19.6. The van der Waals surface area contributed by atoms with Crippen LogP contribution in [0.25, 0.3) is 0 Å². The fourth-order valence-electron chi connectivity index (χ4n) is 4.13. The lowest BCUT2D eigenvalue weighted by Crippen LogP contribution is -2.53. The molecule has 0 spiro atoms. The van der Waals surface area contributed by atoms with Gasteiger partial charge in [0.25, 0.3) is 0 Å². The number of hydrogen-bond acceptors (Lipinski definition) is 3. The number of nitrogens with zero attached hydrogens (tertiary/aromatic N) is 2. The first-order valence-electron chi connectivity index (χ1n) is 9.51. The Balaban J connectivity index is 0.00000261. The van der Waals surface area contributed by atoms with Gasteiger partial charge in [-0.05, 0) is 42.5 Å². The minimum Gasteiger partial charge on any atom is -0.335 e. The molecule has 1 aliphatic heterocycles. The first-order chi connectivity index (χ1) is 12.5. The molecule has 2 N–H and O–H groups in total. The number of carbonyl (C=O) groups is 2. The third-order valence-electron chi connectivity index (χ3n) is 5.81. The van der Waals surface area contributed by atoms with Gasteiger partial charge in [0.15, 0.2) is 0 Å². The highest BCUT2D eigenvalue weighted by atomic mass is 35.5. The van der Waals surface area contributed by atoms with E-state index in [2.05, 4.69) is 0 Å². The number of rotatable bonds is 5. The smallest absolute Gasteiger partial charge is 0.242 e. The zero-order valence-corrected chi connectivity index (χ0v) is 16.5. The Morgan fingerprint density at radius 3 is 2.56 bits per heavy atom. The molecule has 2 amide bonds. The van der Waals surface area contributed by atoms with Crippen LogP contribution in [0.15, 0.2) is 24.3 Å². The second-order valence-corrected chi connectivity index (χ2v) is 7.70. The Labute approximate surface area is 166 Å². The molecule has 1 aromatic rings. The van der Waals surface area contributed by atoms with Gasteiger partial charge in [0.05, 0.1) is 6.54 Å². The van der Waals surface area contributed by atoms with Crippen molar-refractivity contribution in [2.75, 3.05) is 26.2 Å². The summed E-state index contributed by atoms with van der Waals surface area (Å²) >= 11 is 0. The second kappa shape index (κ2) is 9.51. The molecular formula is C20H29ClFN3O2. The van der Waals surface area contributed by atoms with E-state index in [9.17, 15) is 14.0 Å². The summed E-state index contributed by atoms with van der Waals surface area (Å²) in [4.78, 5) is 28.5. The van der Waals surface area contributed by atoms with E-state index in [1.807, 2.05) is 6.07 Å². The largest absolute Gasteiger partial charge is 0.335 e. The third-order valence-corrected chi connectivity index (χ3v) is 5.81. The van der Waals surface area contributed by atoms with Crippen molar-refractivity contribution in [2.45, 2.75) is 45.1 Å². The van der Waals surface area contributed by atoms with E-state index in [4.69, 9.17) is 5.73 Å². The summed E-state index contributed by atoms with van der Waals surface area (Å²) in [6.45, 7) is 2.03. The zero-order valence-electron chi connectivity index (χ0n) is 15.7. The molecule has 2 fully saturated rings. The SMILES string of the molecule is Cl.NCC1(CC(=O)N2CCN(Cc3cccc(F)c3)C(=O)C2)CCCCC1. The molecule has 0 atom stereocenters. The van der Waals surface area contributed by atoms with Crippen molar-refractivity contribution >= 4 is 24.2 Å². The first kappa shape index (κ1) is 21.6. The maximum absolute atomic E-state index is 13.3. The highest BCUT2D eigenvalue weighted by Gasteiger charge is 2.36. The van der Waals surface area contributed by atoms with Crippen LogP contribution in [0.5, 0.6) is 0 Å². The van der Waals surface area contributed by atoms with Crippen molar-refractivity contribution in [3.05, 3.63) is 35.6 Å². The minimum atomic E-state index is -0.302. The van der Waals surface area contributed by atoms with Gasteiger partial charge in [-0.1, -0.05) is 31.4 Å². The van der Waals surface area contributed by atoms with Crippen LogP contribution in [0.3, 0.4) is 0 Å². The van der Waals surface area contributed by atoms with Gasteiger partial charge in [0.2, 0.25) is 11.8 Å². The van der Waals surface area contributed by atoms with Crippen molar-refractivity contribution in [3.63, 3.8) is 0 Å². The van der Waals surface area contributed by atoms with Gasteiger partial charge in [-0.2, -0.15) is 0 Å². The van der Waals surface area contributed by atoms with Crippen LogP contribution in [0.1, 0.15) is 44.1 Å². The van der Waals surface area contributed by atoms with Crippen molar-refractivity contribution in [2.24, 2.45) is 11.1 Å². The minimum absolute atomic E-state index is 0. The molecule has 0 unspecified atom stereocenters. The van der Waals surface area contributed by atoms with Crippen LogP contribution < -0.4 is 5.73 Å². The van der Waals surface area contributed by atoms with Crippen molar-refractivity contribution in [1.82, 2.24) is 9.80 Å². The summed E-state index contributed by atoms with van der Waals surface area (Å²) in [5.74, 6) is -0.348. The Morgan fingerprint density at radius 1 is 1.19 bits per heavy atom. The number of nitrogens with two attached hydrogens (primary N) is 1. The molecule has 0 bridgehead atoms. The number of piperazine rings is 1. The number of halogens is 2. The molecule has 3 rings (SSSR count). The Bertz CT molecular complexity index is 664. The third kappa shape index (κ3) is 5.42. The summed E-state index contributed by atoms with van der Waals surface area (Å²) < 4.78 is 13.3. The molecule has 5 nitrogen and oxygen atoms in total.